The monoisotopic (exact) mass is 312 g/mol. The van der Waals surface area contributed by atoms with E-state index in [-0.39, 0.29) is 19.1 Å². The lowest BCUT2D eigenvalue weighted by molar-refractivity contribution is -0.123. The number of rotatable bonds is 4. The van der Waals surface area contributed by atoms with Crippen LogP contribution < -0.4 is 20.1 Å². The second-order valence-electron chi connectivity index (χ2n) is 5.16. The molecule has 0 radical (unpaired) electrons. The van der Waals surface area contributed by atoms with Crippen molar-refractivity contribution in [1.82, 2.24) is 0 Å². The molecule has 118 valence electrons. The minimum atomic E-state index is -0.394. The molecule has 1 aliphatic rings. The van der Waals surface area contributed by atoms with Crippen molar-refractivity contribution < 1.29 is 19.1 Å². The molecule has 6 nitrogen and oxygen atoms in total. The van der Waals surface area contributed by atoms with Gasteiger partial charge in [-0.1, -0.05) is 18.2 Å². The molecule has 0 aliphatic carbocycles. The van der Waals surface area contributed by atoms with E-state index in [1.54, 1.807) is 24.3 Å². The minimum Gasteiger partial charge on any atom is -0.454 e. The van der Waals surface area contributed by atoms with Crippen LogP contribution in [0.25, 0.3) is 0 Å². The quantitative estimate of drug-likeness (QED) is 0.851. The molecule has 0 bridgehead atoms. The van der Waals surface area contributed by atoms with Crippen LogP contribution in [-0.4, -0.2) is 18.6 Å². The van der Waals surface area contributed by atoms with Crippen molar-refractivity contribution in [3.63, 3.8) is 0 Å². The first-order valence-electron chi connectivity index (χ1n) is 7.17. The highest BCUT2D eigenvalue weighted by molar-refractivity contribution is 6.08. The van der Waals surface area contributed by atoms with E-state index in [9.17, 15) is 9.59 Å². The van der Waals surface area contributed by atoms with Gasteiger partial charge in [0.05, 0.1) is 0 Å². The average Bonchev–Trinajstić information content (AvgIpc) is 2.97. The van der Waals surface area contributed by atoms with Crippen LogP contribution in [0.5, 0.6) is 11.5 Å². The highest BCUT2D eigenvalue weighted by atomic mass is 16.7. The summed E-state index contributed by atoms with van der Waals surface area (Å²) in [6.07, 6.45) is -0.261. The van der Waals surface area contributed by atoms with Crippen LogP contribution >= 0.6 is 0 Å². The van der Waals surface area contributed by atoms with Crippen LogP contribution in [0.15, 0.2) is 42.5 Å². The van der Waals surface area contributed by atoms with Crippen LogP contribution in [0, 0.1) is 6.92 Å². The van der Waals surface area contributed by atoms with Gasteiger partial charge in [0.2, 0.25) is 18.6 Å². The van der Waals surface area contributed by atoms with Gasteiger partial charge in [0.15, 0.2) is 11.5 Å². The Hall–Kier alpha value is -3.02. The summed E-state index contributed by atoms with van der Waals surface area (Å²) >= 11 is 0. The molecule has 2 aromatic rings. The number of anilines is 2. The van der Waals surface area contributed by atoms with Crippen molar-refractivity contribution in [2.24, 2.45) is 0 Å². The van der Waals surface area contributed by atoms with Crippen molar-refractivity contribution >= 4 is 23.2 Å². The number of benzene rings is 2. The molecule has 23 heavy (non-hydrogen) atoms. The number of fused-ring (bicyclic) bond motifs is 1. The zero-order chi connectivity index (χ0) is 16.2. The largest absolute Gasteiger partial charge is 0.454 e. The van der Waals surface area contributed by atoms with E-state index in [2.05, 4.69) is 10.6 Å². The topological polar surface area (TPSA) is 76.7 Å². The number of hydrogen-bond acceptors (Lipinski definition) is 4. The van der Waals surface area contributed by atoms with E-state index in [0.29, 0.717) is 22.9 Å². The predicted molar refractivity (Wildman–Crippen MR) is 85.6 cm³/mol. The first-order valence-corrected chi connectivity index (χ1v) is 7.17. The summed E-state index contributed by atoms with van der Waals surface area (Å²) in [5.41, 5.74) is 2.20. The zero-order valence-corrected chi connectivity index (χ0v) is 12.6. The van der Waals surface area contributed by atoms with Gasteiger partial charge in [0.25, 0.3) is 0 Å². The smallest absolute Gasteiger partial charge is 0.233 e. The van der Waals surface area contributed by atoms with Crippen LogP contribution in [0.2, 0.25) is 0 Å². The maximum atomic E-state index is 12.0. The van der Waals surface area contributed by atoms with Crippen LogP contribution in [-0.2, 0) is 9.59 Å². The lowest BCUT2D eigenvalue weighted by atomic mass is 10.2. The maximum Gasteiger partial charge on any atom is 0.233 e. The molecular formula is C17H16N2O4. The van der Waals surface area contributed by atoms with Gasteiger partial charge in [-0.3, -0.25) is 9.59 Å². The predicted octanol–water partition coefficient (Wildman–Crippen LogP) is 2.69. The van der Waals surface area contributed by atoms with Crippen molar-refractivity contribution in [1.29, 1.82) is 0 Å². The number of aryl methyl sites for hydroxylation is 1. The Balaban J connectivity index is 1.57. The molecule has 3 rings (SSSR count). The number of ether oxygens (including phenoxy) is 2. The van der Waals surface area contributed by atoms with E-state index in [0.717, 1.165) is 5.56 Å². The van der Waals surface area contributed by atoms with E-state index < -0.39 is 5.91 Å². The Kier molecular flexibility index (Phi) is 4.14. The Labute approximate surface area is 133 Å². The normalized spacial score (nSPS) is 11.9. The molecule has 0 saturated heterocycles. The Bertz CT molecular complexity index is 758. The van der Waals surface area contributed by atoms with Gasteiger partial charge in [0, 0.05) is 17.4 Å². The SMILES string of the molecule is Cc1ccccc1NC(=O)CC(=O)Nc1ccc2c(c1)OCO2. The van der Waals surface area contributed by atoms with Gasteiger partial charge >= 0.3 is 0 Å². The van der Waals surface area contributed by atoms with E-state index in [4.69, 9.17) is 9.47 Å². The Morgan fingerprint density at radius 2 is 1.74 bits per heavy atom. The molecule has 0 atom stereocenters. The minimum absolute atomic E-state index is 0.172. The fourth-order valence-electron chi connectivity index (χ4n) is 2.23. The lowest BCUT2D eigenvalue weighted by Crippen LogP contribution is -2.21. The molecule has 2 aromatic carbocycles. The molecular weight excluding hydrogens is 296 g/mol. The van der Waals surface area contributed by atoms with Crippen molar-refractivity contribution in [3.05, 3.63) is 48.0 Å². The molecule has 2 N–H and O–H groups in total. The summed E-state index contributed by atoms with van der Waals surface area (Å²) in [6, 6.07) is 12.5. The zero-order valence-electron chi connectivity index (χ0n) is 12.6. The van der Waals surface area contributed by atoms with Gasteiger partial charge in [-0.05, 0) is 30.7 Å². The van der Waals surface area contributed by atoms with Gasteiger partial charge in [-0.2, -0.15) is 0 Å². The second kappa shape index (κ2) is 6.39. The summed E-state index contributed by atoms with van der Waals surface area (Å²) < 4.78 is 10.4. The highest BCUT2D eigenvalue weighted by Gasteiger charge is 2.15. The number of hydrogen-bond donors (Lipinski definition) is 2. The summed E-state index contributed by atoms with van der Waals surface area (Å²) in [4.78, 5) is 23.9. The third kappa shape index (κ3) is 3.60. The first kappa shape index (κ1) is 14.9. The molecule has 0 unspecified atom stereocenters. The Morgan fingerprint density at radius 1 is 1.00 bits per heavy atom. The molecule has 1 heterocycles. The fraction of sp³-hybridized carbons (Fsp3) is 0.176. The van der Waals surface area contributed by atoms with Gasteiger partial charge < -0.3 is 20.1 Å². The average molecular weight is 312 g/mol. The first-order chi connectivity index (χ1) is 11.1. The standard InChI is InChI=1S/C17H16N2O4/c1-11-4-2-3-5-13(11)19-17(21)9-16(20)18-12-6-7-14-15(8-12)23-10-22-14/h2-8H,9-10H2,1H3,(H,18,20)(H,19,21). The number of carbonyl (C=O) groups excluding carboxylic acids is 2. The molecule has 0 fully saturated rings. The van der Waals surface area contributed by atoms with Crippen molar-refractivity contribution in [2.45, 2.75) is 13.3 Å². The summed E-state index contributed by atoms with van der Waals surface area (Å²) in [5.74, 6) is 0.458. The number of amides is 2. The summed E-state index contributed by atoms with van der Waals surface area (Å²) in [6.45, 7) is 2.06. The van der Waals surface area contributed by atoms with Gasteiger partial charge in [0.1, 0.15) is 6.42 Å². The summed E-state index contributed by atoms with van der Waals surface area (Å²) in [5, 5.41) is 5.39. The van der Waals surface area contributed by atoms with Crippen LogP contribution in [0.3, 0.4) is 0 Å². The van der Waals surface area contributed by atoms with E-state index >= 15 is 0 Å². The van der Waals surface area contributed by atoms with E-state index in [1.807, 2.05) is 25.1 Å². The van der Waals surface area contributed by atoms with Gasteiger partial charge in [-0.15, -0.1) is 0 Å². The molecule has 6 heteroatoms. The second-order valence-corrected chi connectivity index (χ2v) is 5.16. The van der Waals surface area contributed by atoms with Crippen LogP contribution in [0.1, 0.15) is 12.0 Å². The fourth-order valence-corrected chi connectivity index (χ4v) is 2.23. The third-order valence-electron chi connectivity index (χ3n) is 3.40. The molecule has 1 aliphatic heterocycles. The summed E-state index contributed by atoms with van der Waals surface area (Å²) in [7, 11) is 0. The van der Waals surface area contributed by atoms with Crippen molar-refractivity contribution in [3.8, 4) is 11.5 Å². The molecule has 0 aromatic heterocycles. The lowest BCUT2D eigenvalue weighted by Gasteiger charge is -2.09. The third-order valence-corrected chi connectivity index (χ3v) is 3.40. The molecule has 2 amide bonds. The molecule has 0 saturated carbocycles. The van der Waals surface area contributed by atoms with Gasteiger partial charge in [-0.25, -0.2) is 0 Å². The van der Waals surface area contributed by atoms with E-state index in [1.165, 1.54) is 0 Å². The number of nitrogens with one attached hydrogen (secondary N) is 2. The maximum absolute atomic E-state index is 12.0. The number of para-hydroxylation sites is 1. The van der Waals surface area contributed by atoms with Crippen LogP contribution in [0.4, 0.5) is 11.4 Å². The number of carbonyl (C=O) groups is 2. The molecule has 0 spiro atoms. The highest BCUT2D eigenvalue weighted by Crippen LogP contribution is 2.34. The van der Waals surface area contributed by atoms with Crippen molar-refractivity contribution in [2.75, 3.05) is 17.4 Å². The Morgan fingerprint density at radius 3 is 2.57 bits per heavy atom.